The first-order valence-electron chi connectivity index (χ1n) is 10.6. The fourth-order valence-corrected chi connectivity index (χ4v) is 4.88. The largest absolute Gasteiger partial charge is 0.497 e. The fraction of sp³-hybridized carbons (Fsp3) is 0.375. The molecule has 3 aromatic rings. The van der Waals surface area contributed by atoms with Gasteiger partial charge in [-0.15, -0.1) is 0 Å². The normalized spacial score (nSPS) is 12.2. The van der Waals surface area contributed by atoms with Crippen molar-refractivity contribution in [2.24, 2.45) is 7.05 Å². The van der Waals surface area contributed by atoms with E-state index in [9.17, 15) is 8.42 Å². The average molecular weight is 474 g/mol. The Morgan fingerprint density at radius 1 is 0.879 bits per heavy atom. The smallest absolute Gasteiger partial charge is 0.263 e. The number of hydrogen-bond acceptors (Lipinski definition) is 5. The summed E-state index contributed by atoms with van der Waals surface area (Å²) < 4.78 is 41.6. The molecule has 3 rings (SSSR count). The second-order valence-electron chi connectivity index (χ2n) is 9.02. The van der Waals surface area contributed by atoms with Gasteiger partial charge in [0.25, 0.3) is 10.0 Å². The molecule has 1 heterocycles. The minimum atomic E-state index is -3.85. The Hall–Kier alpha value is -2.88. The number of nitrogens with zero attached hydrogens (tertiary/aromatic N) is 4. The molecule has 0 aliphatic heterocycles. The SMILES string of the molecule is COc1ccc(CN(Cc2ccc(OC)cc2)S(=O)(=O)c2cc(C[N+](C)(C)C)n(C)n2)cc1. The first-order valence-corrected chi connectivity index (χ1v) is 12.1. The second kappa shape index (κ2) is 9.94. The van der Waals surface area contributed by atoms with Gasteiger partial charge in [-0.05, 0) is 35.4 Å². The first kappa shape index (κ1) is 24.8. The van der Waals surface area contributed by atoms with Gasteiger partial charge in [0.05, 0.1) is 41.1 Å². The topological polar surface area (TPSA) is 73.7 Å². The number of benzene rings is 2. The van der Waals surface area contributed by atoms with E-state index in [-0.39, 0.29) is 18.1 Å². The number of sulfonamides is 1. The van der Waals surface area contributed by atoms with E-state index in [1.165, 1.54) is 4.31 Å². The number of aromatic nitrogens is 2. The van der Waals surface area contributed by atoms with Crippen molar-refractivity contribution >= 4 is 10.0 Å². The number of methoxy groups -OCH3 is 2. The Morgan fingerprint density at radius 3 is 1.73 bits per heavy atom. The van der Waals surface area contributed by atoms with E-state index in [0.29, 0.717) is 11.0 Å². The third-order valence-electron chi connectivity index (χ3n) is 5.23. The van der Waals surface area contributed by atoms with Gasteiger partial charge in [0, 0.05) is 26.2 Å². The summed E-state index contributed by atoms with van der Waals surface area (Å²) in [4.78, 5) is 0. The average Bonchev–Trinajstić information content (AvgIpc) is 3.13. The molecule has 0 spiro atoms. The van der Waals surface area contributed by atoms with Crippen molar-refractivity contribution in [3.8, 4) is 11.5 Å². The minimum Gasteiger partial charge on any atom is -0.497 e. The van der Waals surface area contributed by atoms with Crippen molar-refractivity contribution in [2.75, 3.05) is 35.4 Å². The Labute approximate surface area is 196 Å². The molecule has 0 atom stereocenters. The van der Waals surface area contributed by atoms with E-state index in [4.69, 9.17) is 9.47 Å². The van der Waals surface area contributed by atoms with Crippen LogP contribution in [0.4, 0.5) is 0 Å². The summed E-state index contributed by atoms with van der Waals surface area (Å²) in [5.74, 6) is 1.44. The number of ether oxygens (including phenoxy) is 2. The lowest BCUT2D eigenvalue weighted by molar-refractivity contribution is -0.884. The zero-order valence-corrected chi connectivity index (χ0v) is 21.0. The van der Waals surface area contributed by atoms with E-state index in [1.54, 1.807) is 32.0 Å². The molecule has 0 bridgehead atoms. The van der Waals surface area contributed by atoms with E-state index in [2.05, 4.69) is 26.2 Å². The van der Waals surface area contributed by atoms with Gasteiger partial charge in [-0.3, -0.25) is 4.68 Å². The van der Waals surface area contributed by atoms with Crippen LogP contribution in [0.25, 0.3) is 0 Å². The molecule has 9 heteroatoms. The van der Waals surface area contributed by atoms with E-state index < -0.39 is 10.0 Å². The molecule has 0 unspecified atom stereocenters. The molecule has 1 aromatic heterocycles. The van der Waals surface area contributed by atoms with Crippen LogP contribution >= 0.6 is 0 Å². The minimum absolute atomic E-state index is 0.0514. The van der Waals surface area contributed by atoms with Crippen LogP contribution in [-0.4, -0.2) is 62.3 Å². The Balaban J connectivity index is 1.96. The zero-order chi connectivity index (χ0) is 24.2. The summed E-state index contributed by atoms with van der Waals surface area (Å²) in [6, 6.07) is 16.5. The van der Waals surface area contributed by atoms with Gasteiger partial charge >= 0.3 is 0 Å². The highest BCUT2D eigenvalue weighted by Crippen LogP contribution is 2.24. The predicted molar refractivity (Wildman–Crippen MR) is 127 cm³/mol. The third kappa shape index (κ3) is 6.34. The number of hydrogen-bond donors (Lipinski definition) is 0. The monoisotopic (exact) mass is 473 g/mol. The van der Waals surface area contributed by atoms with Crippen LogP contribution in [-0.2, 0) is 36.7 Å². The third-order valence-corrected chi connectivity index (χ3v) is 6.90. The molecule has 2 aromatic carbocycles. The Bertz CT molecular complexity index is 1120. The van der Waals surface area contributed by atoms with Gasteiger partial charge in [0.2, 0.25) is 0 Å². The van der Waals surface area contributed by atoms with Gasteiger partial charge in [-0.2, -0.15) is 9.40 Å². The van der Waals surface area contributed by atoms with Crippen molar-refractivity contribution in [2.45, 2.75) is 24.7 Å². The molecular weight excluding hydrogens is 440 g/mol. The molecular formula is C24H33N4O4S+. The lowest BCUT2D eigenvalue weighted by Gasteiger charge is -2.23. The van der Waals surface area contributed by atoms with Crippen molar-refractivity contribution in [3.05, 3.63) is 71.4 Å². The molecule has 0 aliphatic rings. The highest BCUT2D eigenvalue weighted by molar-refractivity contribution is 7.89. The molecule has 0 fully saturated rings. The maximum absolute atomic E-state index is 13.7. The van der Waals surface area contributed by atoms with Gasteiger partial charge in [-0.1, -0.05) is 24.3 Å². The van der Waals surface area contributed by atoms with Crippen LogP contribution in [0.15, 0.2) is 59.6 Å². The van der Waals surface area contributed by atoms with Crippen LogP contribution in [0.1, 0.15) is 16.8 Å². The molecule has 0 saturated heterocycles. The highest BCUT2D eigenvalue weighted by Gasteiger charge is 2.29. The molecule has 0 saturated carbocycles. The van der Waals surface area contributed by atoms with Crippen LogP contribution in [0.2, 0.25) is 0 Å². The molecule has 0 N–H and O–H groups in total. The van der Waals surface area contributed by atoms with Crippen molar-refractivity contribution < 1.29 is 22.4 Å². The van der Waals surface area contributed by atoms with Gasteiger partial charge in [-0.25, -0.2) is 8.42 Å². The quantitative estimate of drug-likeness (QED) is 0.423. The maximum Gasteiger partial charge on any atom is 0.263 e. The van der Waals surface area contributed by atoms with Crippen LogP contribution in [0.3, 0.4) is 0 Å². The van der Waals surface area contributed by atoms with Gasteiger partial charge in [0.15, 0.2) is 5.03 Å². The van der Waals surface area contributed by atoms with Crippen molar-refractivity contribution in [3.63, 3.8) is 0 Å². The summed E-state index contributed by atoms with van der Waals surface area (Å²) in [6.07, 6.45) is 0. The lowest BCUT2D eigenvalue weighted by Crippen LogP contribution is -2.34. The summed E-state index contributed by atoms with van der Waals surface area (Å²) in [7, 11) is 7.30. The standard InChI is InChI=1S/C24H33N4O4S/c1-26-21(18-28(2,3)4)15-24(25-26)33(29,30)27(16-19-7-11-22(31-5)12-8-19)17-20-9-13-23(32-6)14-10-20/h7-15H,16-18H2,1-6H3/q+1. The predicted octanol–water partition coefficient (Wildman–Crippen LogP) is 3.03. The summed E-state index contributed by atoms with van der Waals surface area (Å²) in [6.45, 7) is 1.08. The number of rotatable bonds is 10. The van der Waals surface area contributed by atoms with Crippen molar-refractivity contribution in [1.29, 1.82) is 0 Å². The Kier molecular flexibility index (Phi) is 7.46. The first-order chi connectivity index (χ1) is 15.5. The number of quaternary nitrogens is 1. The maximum atomic E-state index is 13.7. The molecule has 8 nitrogen and oxygen atoms in total. The summed E-state index contributed by atoms with van der Waals surface area (Å²) >= 11 is 0. The fourth-order valence-electron chi connectivity index (χ4n) is 3.46. The molecule has 33 heavy (non-hydrogen) atoms. The summed E-state index contributed by atoms with van der Waals surface area (Å²) in [5.41, 5.74) is 2.57. The zero-order valence-electron chi connectivity index (χ0n) is 20.1. The highest BCUT2D eigenvalue weighted by atomic mass is 32.2. The molecule has 178 valence electrons. The van der Waals surface area contributed by atoms with Crippen LogP contribution in [0.5, 0.6) is 11.5 Å². The summed E-state index contributed by atoms with van der Waals surface area (Å²) in [5, 5.41) is 4.41. The van der Waals surface area contributed by atoms with E-state index >= 15 is 0 Å². The molecule has 0 aliphatic carbocycles. The van der Waals surface area contributed by atoms with Crippen molar-refractivity contribution in [1.82, 2.24) is 14.1 Å². The van der Waals surface area contributed by atoms with E-state index in [0.717, 1.165) is 28.3 Å². The van der Waals surface area contributed by atoms with Gasteiger partial charge < -0.3 is 14.0 Å². The van der Waals surface area contributed by atoms with E-state index in [1.807, 2.05) is 48.5 Å². The second-order valence-corrected chi connectivity index (χ2v) is 10.9. The van der Waals surface area contributed by atoms with Crippen LogP contribution in [0, 0.1) is 0 Å². The molecule has 0 radical (unpaired) electrons. The lowest BCUT2D eigenvalue weighted by atomic mass is 10.2. The Morgan fingerprint density at radius 2 is 1.33 bits per heavy atom. The number of aryl methyl sites for hydroxylation is 1. The molecule has 0 amide bonds. The van der Waals surface area contributed by atoms with Gasteiger partial charge in [0.1, 0.15) is 18.0 Å². The van der Waals surface area contributed by atoms with Crippen LogP contribution < -0.4 is 9.47 Å².